The fourth-order valence-electron chi connectivity index (χ4n) is 2.24. The molecular formula is C17H15NO2. The minimum atomic E-state index is -0.341. The molecule has 0 fully saturated rings. The minimum absolute atomic E-state index is 0.341. The van der Waals surface area contributed by atoms with Gasteiger partial charge in [0.25, 0.3) is 0 Å². The number of rotatable bonds is 1. The summed E-state index contributed by atoms with van der Waals surface area (Å²) in [5, 5.41) is 0.868. The van der Waals surface area contributed by atoms with E-state index in [9.17, 15) is 4.79 Å². The molecule has 3 heteroatoms. The fraction of sp³-hybridized carbons (Fsp3) is 0.118. The third kappa shape index (κ3) is 2.07. The Hall–Kier alpha value is -2.55. The van der Waals surface area contributed by atoms with Crippen molar-refractivity contribution in [3.05, 3.63) is 64.0 Å². The molecular weight excluding hydrogens is 250 g/mol. The molecule has 2 aromatic carbocycles. The first-order valence-corrected chi connectivity index (χ1v) is 6.45. The molecule has 0 spiro atoms. The smallest absolute Gasteiger partial charge is 0.344 e. The highest BCUT2D eigenvalue weighted by Gasteiger charge is 2.08. The van der Waals surface area contributed by atoms with Gasteiger partial charge in [-0.2, -0.15) is 0 Å². The quantitative estimate of drug-likeness (QED) is 0.539. The molecule has 0 aliphatic heterocycles. The van der Waals surface area contributed by atoms with E-state index < -0.39 is 0 Å². The van der Waals surface area contributed by atoms with E-state index in [1.807, 2.05) is 44.2 Å². The first-order chi connectivity index (χ1) is 9.54. The van der Waals surface area contributed by atoms with Gasteiger partial charge in [0.2, 0.25) is 0 Å². The maximum absolute atomic E-state index is 12.1. The van der Waals surface area contributed by atoms with Gasteiger partial charge >= 0.3 is 5.63 Å². The summed E-state index contributed by atoms with van der Waals surface area (Å²) in [5.74, 6) is 0. The predicted molar refractivity (Wildman–Crippen MR) is 81.8 cm³/mol. The number of benzene rings is 2. The number of hydrogen-bond donors (Lipinski definition) is 1. The lowest BCUT2D eigenvalue weighted by Gasteiger charge is -2.06. The van der Waals surface area contributed by atoms with Crippen molar-refractivity contribution < 1.29 is 4.42 Å². The zero-order valence-corrected chi connectivity index (χ0v) is 11.4. The Morgan fingerprint density at radius 1 is 0.950 bits per heavy atom. The second kappa shape index (κ2) is 4.53. The first kappa shape index (κ1) is 12.5. The van der Waals surface area contributed by atoms with Crippen molar-refractivity contribution >= 4 is 16.7 Å². The first-order valence-electron chi connectivity index (χ1n) is 6.45. The molecule has 100 valence electrons. The van der Waals surface area contributed by atoms with Gasteiger partial charge in [-0.05, 0) is 48.7 Å². The van der Waals surface area contributed by atoms with E-state index in [0.29, 0.717) is 16.8 Å². The van der Waals surface area contributed by atoms with Gasteiger partial charge in [-0.15, -0.1) is 0 Å². The number of nitrogen functional groups attached to an aromatic ring is 1. The number of anilines is 1. The Bertz CT molecular complexity index is 862. The predicted octanol–water partition coefficient (Wildman–Crippen LogP) is 3.66. The molecule has 3 rings (SSSR count). The Labute approximate surface area is 116 Å². The lowest BCUT2D eigenvalue weighted by molar-refractivity contribution is 0.563. The van der Waals surface area contributed by atoms with Crippen molar-refractivity contribution in [1.29, 1.82) is 0 Å². The van der Waals surface area contributed by atoms with E-state index in [-0.39, 0.29) is 5.63 Å². The molecule has 0 saturated heterocycles. The van der Waals surface area contributed by atoms with Crippen molar-refractivity contribution in [1.82, 2.24) is 0 Å². The molecule has 0 amide bonds. The van der Waals surface area contributed by atoms with Crippen molar-refractivity contribution in [3.63, 3.8) is 0 Å². The van der Waals surface area contributed by atoms with Crippen LogP contribution in [0.3, 0.4) is 0 Å². The summed E-state index contributed by atoms with van der Waals surface area (Å²) >= 11 is 0. The molecule has 3 nitrogen and oxygen atoms in total. The van der Waals surface area contributed by atoms with Crippen LogP contribution >= 0.6 is 0 Å². The molecule has 1 heterocycles. The number of aryl methyl sites for hydroxylation is 2. The van der Waals surface area contributed by atoms with Crippen LogP contribution in [0.2, 0.25) is 0 Å². The van der Waals surface area contributed by atoms with Crippen LogP contribution in [0, 0.1) is 13.8 Å². The highest BCUT2D eigenvalue weighted by molar-refractivity contribution is 5.84. The highest BCUT2D eigenvalue weighted by atomic mass is 16.4. The van der Waals surface area contributed by atoms with E-state index >= 15 is 0 Å². The van der Waals surface area contributed by atoms with Crippen LogP contribution in [0.1, 0.15) is 11.1 Å². The molecule has 0 radical (unpaired) electrons. The standard InChI is InChI=1S/C17H15NO2/c1-10-3-4-12(7-11(10)2)15-8-13-5-6-14(18)9-16(13)20-17(15)19/h3-9H,18H2,1-2H3. The van der Waals surface area contributed by atoms with E-state index in [0.717, 1.165) is 16.5 Å². The van der Waals surface area contributed by atoms with Gasteiger partial charge < -0.3 is 10.2 Å². The van der Waals surface area contributed by atoms with Crippen LogP contribution in [0.4, 0.5) is 5.69 Å². The molecule has 0 bridgehead atoms. The maximum atomic E-state index is 12.1. The number of hydrogen-bond acceptors (Lipinski definition) is 3. The molecule has 1 aromatic heterocycles. The molecule has 20 heavy (non-hydrogen) atoms. The summed E-state index contributed by atoms with van der Waals surface area (Å²) < 4.78 is 5.36. The van der Waals surface area contributed by atoms with Crippen molar-refractivity contribution in [3.8, 4) is 11.1 Å². The second-order valence-corrected chi connectivity index (χ2v) is 5.04. The maximum Gasteiger partial charge on any atom is 0.344 e. The summed E-state index contributed by atoms with van der Waals surface area (Å²) in [5.41, 5.74) is 10.3. The average Bonchev–Trinajstić information content (AvgIpc) is 2.41. The molecule has 3 aromatic rings. The van der Waals surface area contributed by atoms with Gasteiger partial charge in [0.1, 0.15) is 5.58 Å². The van der Waals surface area contributed by atoms with Crippen LogP contribution in [0.25, 0.3) is 22.1 Å². The largest absolute Gasteiger partial charge is 0.422 e. The molecule has 0 saturated carbocycles. The van der Waals surface area contributed by atoms with Crippen LogP contribution in [-0.4, -0.2) is 0 Å². The van der Waals surface area contributed by atoms with E-state index in [1.165, 1.54) is 5.56 Å². The van der Waals surface area contributed by atoms with Crippen LogP contribution in [-0.2, 0) is 0 Å². The fourth-order valence-corrected chi connectivity index (χ4v) is 2.24. The number of nitrogens with two attached hydrogens (primary N) is 1. The second-order valence-electron chi connectivity index (χ2n) is 5.04. The zero-order chi connectivity index (χ0) is 14.3. The Morgan fingerprint density at radius 2 is 1.75 bits per heavy atom. The third-order valence-electron chi connectivity index (χ3n) is 3.58. The number of fused-ring (bicyclic) bond motifs is 1. The van der Waals surface area contributed by atoms with Gasteiger partial charge in [-0.25, -0.2) is 4.79 Å². The van der Waals surface area contributed by atoms with Crippen LogP contribution < -0.4 is 11.4 Å². The highest BCUT2D eigenvalue weighted by Crippen LogP contribution is 2.24. The molecule has 0 atom stereocenters. The minimum Gasteiger partial charge on any atom is -0.422 e. The van der Waals surface area contributed by atoms with Gasteiger partial charge in [0, 0.05) is 17.1 Å². The molecule has 0 aliphatic rings. The molecule has 2 N–H and O–H groups in total. The monoisotopic (exact) mass is 265 g/mol. The lowest BCUT2D eigenvalue weighted by Crippen LogP contribution is -2.03. The summed E-state index contributed by atoms with van der Waals surface area (Å²) in [6, 6.07) is 13.1. The van der Waals surface area contributed by atoms with Crippen molar-refractivity contribution in [2.24, 2.45) is 0 Å². The van der Waals surface area contributed by atoms with Crippen molar-refractivity contribution in [2.75, 3.05) is 5.73 Å². The summed E-state index contributed by atoms with van der Waals surface area (Å²) in [4.78, 5) is 12.1. The summed E-state index contributed by atoms with van der Waals surface area (Å²) in [6.45, 7) is 4.08. The SMILES string of the molecule is Cc1ccc(-c2cc3ccc(N)cc3oc2=O)cc1C. The van der Waals surface area contributed by atoms with E-state index in [1.54, 1.807) is 12.1 Å². The van der Waals surface area contributed by atoms with Gasteiger partial charge in [-0.3, -0.25) is 0 Å². The molecule has 0 aliphatic carbocycles. The van der Waals surface area contributed by atoms with Gasteiger partial charge in [0.05, 0.1) is 5.56 Å². The average molecular weight is 265 g/mol. The summed E-state index contributed by atoms with van der Waals surface area (Å²) in [7, 11) is 0. The summed E-state index contributed by atoms with van der Waals surface area (Å²) in [6.07, 6.45) is 0. The van der Waals surface area contributed by atoms with Crippen molar-refractivity contribution in [2.45, 2.75) is 13.8 Å². The lowest BCUT2D eigenvalue weighted by atomic mass is 10.0. The topological polar surface area (TPSA) is 56.2 Å². The van der Waals surface area contributed by atoms with Gasteiger partial charge in [0.15, 0.2) is 0 Å². The van der Waals surface area contributed by atoms with Gasteiger partial charge in [-0.1, -0.05) is 18.2 Å². The Morgan fingerprint density at radius 3 is 2.50 bits per heavy atom. The Balaban J connectivity index is 2.25. The van der Waals surface area contributed by atoms with E-state index in [2.05, 4.69) is 0 Å². The normalized spacial score (nSPS) is 10.9. The van der Waals surface area contributed by atoms with Crippen LogP contribution in [0.5, 0.6) is 0 Å². The third-order valence-corrected chi connectivity index (χ3v) is 3.58. The zero-order valence-electron chi connectivity index (χ0n) is 11.4. The Kier molecular flexibility index (Phi) is 2.83. The molecule has 0 unspecified atom stereocenters. The van der Waals surface area contributed by atoms with Crippen LogP contribution in [0.15, 0.2) is 51.7 Å². The van der Waals surface area contributed by atoms with E-state index in [4.69, 9.17) is 10.2 Å².